The third kappa shape index (κ3) is 4.82. The second-order valence-corrected chi connectivity index (χ2v) is 5.20. The van der Waals surface area contributed by atoms with E-state index in [9.17, 15) is 0 Å². The maximum absolute atomic E-state index is 5.54. The fourth-order valence-electron chi connectivity index (χ4n) is 1.99. The molecule has 0 saturated carbocycles. The lowest BCUT2D eigenvalue weighted by molar-refractivity contribution is 0.258. The van der Waals surface area contributed by atoms with Crippen LogP contribution in [0.15, 0.2) is 21.2 Å². The van der Waals surface area contributed by atoms with Gasteiger partial charge in [0.25, 0.3) is 0 Å². The van der Waals surface area contributed by atoms with Gasteiger partial charge in [0.15, 0.2) is 4.67 Å². The summed E-state index contributed by atoms with van der Waals surface area (Å²) in [5.41, 5.74) is 0. The lowest BCUT2D eigenvalue weighted by atomic mass is 10.2. The van der Waals surface area contributed by atoms with Gasteiger partial charge in [-0.1, -0.05) is 13.8 Å². The number of halogens is 1. The molecule has 0 amide bonds. The van der Waals surface area contributed by atoms with Gasteiger partial charge >= 0.3 is 0 Å². The van der Waals surface area contributed by atoms with Gasteiger partial charge < -0.3 is 14.6 Å². The summed E-state index contributed by atoms with van der Waals surface area (Å²) < 4.78 is 6.33. The predicted octanol–water partition coefficient (Wildman–Crippen LogP) is 3.42. The van der Waals surface area contributed by atoms with Crippen LogP contribution < -0.4 is 5.32 Å². The SMILES string of the molecule is CCN(CC)CC(C)NC(C)c1ccc(Br)o1. The third-order valence-corrected chi connectivity index (χ3v) is 3.41. The topological polar surface area (TPSA) is 28.4 Å². The monoisotopic (exact) mass is 302 g/mol. The summed E-state index contributed by atoms with van der Waals surface area (Å²) in [6.45, 7) is 12.0. The number of hydrogen-bond acceptors (Lipinski definition) is 3. The number of nitrogens with zero attached hydrogens (tertiary/aromatic N) is 1. The van der Waals surface area contributed by atoms with Crippen LogP contribution in [0, 0.1) is 0 Å². The van der Waals surface area contributed by atoms with Crippen molar-refractivity contribution in [2.75, 3.05) is 19.6 Å². The lowest BCUT2D eigenvalue weighted by Gasteiger charge is -2.25. The maximum atomic E-state index is 5.54. The molecule has 1 aromatic heterocycles. The minimum Gasteiger partial charge on any atom is -0.453 e. The second kappa shape index (κ2) is 7.19. The van der Waals surface area contributed by atoms with Gasteiger partial charge in [-0.25, -0.2) is 0 Å². The molecule has 0 saturated heterocycles. The molecular formula is C13H23BrN2O. The Morgan fingerprint density at radius 3 is 2.41 bits per heavy atom. The smallest absolute Gasteiger partial charge is 0.169 e. The van der Waals surface area contributed by atoms with E-state index in [2.05, 4.69) is 53.8 Å². The highest BCUT2D eigenvalue weighted by Gasteiger charge is 2.14. The Hall–Kier alpha value is -0.320. The molecule has 0 radical (unpaired) electrons. The fraction of sp³-hybridized carbons (Fsp3) is 0.692. The first-order chi connectivity index (χ1) is 8.06. The summed E-state index contributed by atoms with van der Waals surface area (Å²) in [4.78, 5) is 2.42. The zero-order valence-corrected chi connectivity index (χ0v) is 12.8. The highest BCUT2D eigenvalue weighted by Crippen LogP contribution is 2.20. The van der Waals surface area contributed by atoms with Crippen molar-refractivity contribution in [2.24, 2.45) is 0 Å². The zero-order valence-electron chi connectivity index (χ0n) is 11.2. The Morgan fingerprint density at radius 1 is 1.29 bits per heavy atom. The fourth-order valence-corrected chi connectivity index (χ4v) is 2.31. The van der Waals surface area contributed by atoms with E-state index in [1.807, 2.05) is 12.1 Å². The van der Waals surface area contributed by atoms with E-state index in [4.69, 9.17) is 4.42 Å². The molecule has 17 heavy (non-hydrogen) atoms. The van der Waals surface area contributed by atoms with Gasteiger partial charge in [0.2, 0.25) is 0 Å². The van der Waals surface area contributed by atoms with Crippen LogP contribution in [0.1, 0.15) is 39.5 Å². The van der Waals surface area contributed by atoms with E-state index in [0.717, 1.165) is 30.1 Å². The van der Waals surface area contributed by atoms with E-state index < -0.39 is 0 Å². The first kappa shape index (κ1) is 14.7. The van der Waals surface area contributed by atoms with E-state index in [-0.39, 0.29) is 6.04 Å². The zero-order chi connectivity index (χ0) is 12.8. The average molecular weight is 303 g/mol. The molecular weight excluding hydrogens is 280 g/mol. The van der Waals surface area contributed by atoms with Gasteiger partial charge in [0, 0.05) is 12.6 Å². The summed E-state index contributed by atoms with van der Waals surface area (Å²) >= 11 is 3.33. The molecule has 0 aromatic carbocycles. The van der Waals surface area contributed by atoms with Crippen molar-refractivity contribution in [2.45, 2.75) is 39.8 Å². The molecule has 0 fully saturated rings. The molecule has 0 aliphatic rings. The summed E-state index contributed by atoms with van der Waals surface area (Å²) in [6.07, 6.45) is 0. The molecule has 1 rings (SSSR count). The van der Waals surface area contributed by atoms with Gasteiger partial charge in [0.1, 0.15) is 5.76 Å². The van der Waals surface area contributed by atoms with Gasteiger partial charge in [-0.05, 0) is 55.0 Å². The molecule has 1 heterocycles. The van der Waals surface area contributed by atoms with Crippen molar-refractivity contribution >= 4 is 15.9 Å². The molecule has 98 valence electrons. The molecule has 2 atom stereocenters. The minimum absolute atomic E-state index is 0.242. The normalized spacial score (nSPS) is 15.2. The highest BCUT2D eigenvalue weighted by atomic mass is 79.9. The van der Waals surface area contributed by atoms with Crippen LogP contribution in [0.5, 0.6) is 0 Å². The van der Waals surface area contributed by atoms with Crippen LogP contribution in [0.2, 0.25) is 0 Å². The van der Waals surface area contributed by atoms with E-state index in [1.54, 1.807) is 0 Å². The largest absolute Gasteiger partial charge is 0.453 e. The molecule has 1 aromatic rings. The molecule has 4 heteroatoms. The molecule has 0 aliphatic carbocycles. The van der Waals surface area contributed by atoms with Crippen LogP contribution in [0.3, 0.4) is 0 Å². The first-order valence-electron chi connectivity index (χ1n) is 6.30. The number of rotatable bonds is 7. The van der Waals surface area contributed by atoms with Crippen molar-refractivity contribution < 1.29 is 4.42 Å². The quantitative estimate of drug-likeness (QED) is 0.836. The molecule has 2 unspecified atom stereocenters. The molecule has 0 bridgehead atoms. The average Bonchev–Trinajstić information content (AvgIpc) is 2.72. The summed E-state index contributed by atoms with van der Waals surface area (Å²) in [5.74, 6) is 0.975. The second-order valence-electron chi connectivity index (χ2n) is 4.42. The summed E-state index contributed by atoms with van der Waals surface area (Å²) in [5, 5.41) is 3.55. The maximum Gasteiger partial charge on any atom is 0.169 e. The van der Waals surface area contributed by atoms with Gasteiger partial charge in [-0.3, -0.25) is 0 Å². The number of hydrogen-bond donors (Lipinski definition) is 1. The Labute approximate surface area is 113 Å². The molecule has 0 aliphatic heterocycles. The van der Waals surface area contributed by atoms with Crippen LogP contribution >= 0.6 is 15.9 Å². The van der Waals surface area contributed by atoms with Crippen molar-refractivity contribution in [3.05, 3.63) is 22.6 Å². The Morgan fingerprint density at radius 2 is 1.94 bits per heavy atom. The van der Waals surface area contributed by atoms with E-state index in [0.29, 0.717) is 6.04 Å². The Kier molecular flexibility index (Phi) is 6.23. The Balaban J connectivity index is 2.42. The summed E-state index contributed by atoms with van der Waals surface area (Å²) in [7, 11) is 0. The summed E-state index contributed by atoms with van der Waals surface area (Å²) in [6, 6.07) is 4.63. The van der Waals surface area contributed by atoms with Crippen LogP contribution in [-0.2, 0) is 0 Å². The molecule has 1 N–H and O–H groups in total. The molecule has 0 spiro atoms. The van der Waals surface area contributed by atoms with Crippen molar-refractivity contribution in [3.63, 3.8) is 0 Å². The Bertz CT molecular complexity index is 323. The number of furan rings is 1. The third-order valence-electron chi connectivity index (χ3n) is 2.98. The molecule has 3 nitrogen and oxygen atoms in total. The van der Waals surface area contributed by atoms with Crippen LogP contribution in [0.25, 0.3) is 0 Å². The number of likely N-dealkylation sites (N-methyl/N-ethyl adjacent to an activating group) is 1. The standard InChI is InChI=1S/C13H23BrN2O/c1-5-16(6-2)9-10(3)15-11(4)12-7-8-13(14)17-12/h7-8,10-11,15H,5-6,9H2,1-4H3. The van der Waals surface area contributed by atoms with E-state index in [1.165, 1.54) is 0 Å². The predicted molar refractivity (Wildman–Crippen MR) is 75.2 cm³/mol. The number of nitrogens with one attached hydrogen (secondary N) is 1. The lowest BCUT2D eigenvalue weighted by Crippen LogP contribution is -2.40. The van der Waals surface area contributed by atoms with E-state index >= 15 is 0 Å². The van der Waals surface area contributed by atoms with Gasteiger partial charge in [0.05, 0.1) is 6.04 Å². The van der Waals surface area contributed by atoms with Crippen molar-refractivity contribution in [1.82, 2.24) is 10.2 Å². The van der Waals surface area contributed by atoms with Crippen LogP contribution in [0.4, 0.5) is 0 Å². The highest BCUT2D eigenvalue weighted by molar-refractivity contribution is 9.10. The first-order valence-corrected chi connectivity index (χ1v) is 7.09. The van der Waals surface area contributed by atoms with Crippen molar-refractivity contribution in [3.8, 4) is 0 Å². The van der Waals surface area contributed by atoms with Gasteiger partial charge in [-0.15, -0.1) is 0 Å². The van der Waals surface area contributed by atoms with Crippen LogP contribution in [-0.4, -0.2) is 30.6 Å². The van der Waals surface area contributed by atoms with Crippen molar-refractivity contribution in [1.29, 1.82) is 0 Å². The minimum atomic E-state index is 0.242. The van der Waals surface area contributed by atoms with Gasteiger partial charge in [-0.2, -0.15) is 0 Å².